The molecule has 0 saturated carbocycles. The van der Waals surface area contributed by atoms with E-state index in [9.17, 15) is 13.2 Å². The van der Waals surface area contributed by atoms with Crippen molar-refractivity contribution in [3.05, 3.63) is 72.8 Å². The van der Waals surface area contributed by atoms with Gasteiger partial charge >= 0.3 is 6.03 Å². The second-order valence-corrected chi connectivity index (χ2v) is 11.2. The van der Waals surface area contributed by atoms with Crippen LogP contribution in [-0.2, 0) is 10.0 Å². The molecule has 6 nitrogen and oxygen atoms in total. The van der Waals surface area contributed by atoms with Gasteiger partial charge in [0.15, 0.2) is 0 Å². The van der Waals surface area contributed by atoms with E-state index >= 15 is 0 Å². The van der Waals surface area contributed by atoms with Crippen LogP contribution in [0.4, 0.5) is 21.9 Å². The van der Waals surface area contributed by atoms with Gasteiger partial charge in [-0.25, -0.2) is 13.2 Å². The third kappa shape index (κ3) is 4.38. The second-order valence-electron chi connectivity index (χ2n) is 8.15. The standard InChI is InChI=1S/C25H25N3O3S2/c29-25(28-21-9-3-5-11-23(21)32-24-12-6-4-10-22(24)28)26-19-13-15-20(16-14-19)33(30,31)27-17-7-1-2-8-18-27/h3-6,9-16H,1-2,7-8,17-18H2,(H,26,29). The number of nitrogens with zero attached hydrogens (tertiary/aromatic N) is 2. The summed E-state index contributed by atoms with van der Waals surface area (Å²) in [6.07, 6.45) is 3.92. The Bertz CT molecular complexity index is 1220. The number of anilines is 3. The van der Waals surface area contributed by atoms with E-state index in [1.807, 2.05) is 48.5 Å². The Labute approximate surface area is 198 Å². The summed E-state index contributed by atoms with van der Waals surface area (Å²) < 4.78 is 27.6. The number of carbonyl (C=O) groups is 1. The largest absolute Gasteiger partial charge is 0.331 e. The highest BCUT2D eigenvalue weighted by Crippen LogP contribution is 2.48. The van der Waals surface area contributed by atoms with E-state index in [-0.39, 0.29) is 10.9 Å². The Morgan fingerprint density at radius 1 is 0.758 bits per heavy atom. The van der Waals surface area contributed by atoms with Gasteiger partial charge < -0.3 is 5.32 Å². The number of fused-ring (bicyclic) bond motifs is 2. The number of urea groups is 1. The molecular weight excluding hydrogens is 454 g/mol. The molecule has 170 valence electrons. The summed E-state index contributed by atoms with van der Waals surface area (Å²) in [6.45, 7) is 1.12. The molecule has 33 heavy (non-hydrogen) atoms. The van der Waals surface area contributed by atoms with Crippen molar-refractivity contribution in [1.82, 2.24) is 4.31 Å². The Hall–Kier alpha value is -2.81. The summed E-state index contributed by atoms with van der Waals surface area (Å²) in [5, 5.41) is 2.93. The summed E-state index contributed by atoms with van der Waals surface area (Å²) in [6, 6.07) is 21.7. The number of rotatable bonds is 3. The molecule has 1 fully saturated rings. The molecule has 1 N–H and O–H groups in total. The fraction of sp³-hybridized carbons (Fsp3) is 0.240. The van der Waals surface area contributed by atoms with Crippen molar-refractivity contribution in [2.45, 2.75) is 40.4 Å². The van der Waals surface area contributed by atoms with Gasteiger partial charge in [0.1, 0.15) is 0 Å². The van der Waals surface area contributed by atoms with E-state index in [0.717, 1.165) is 46.8 Å². The third-order valence-electron chi connectivity index (χ3n) is 5.94. The molecule has 0 spiro atoms. The number of sulfonamides is 1. The Morgan fingerprint density at radius 3 is 1.88 bits per heavy atom. The lowest BCUT2D eigenvalue weighted by Crippen LogP contribution is -2.33. The summed E-state index contributed by atoms with van der Waals surface area (Å²) in [4.78, 5) is 17.3. The molecule has 2 aliphatic rings. The summed E-state index contributed by atoms with van der Waals surface area (Å²) in [5.74, 6) is 0. The van der Waals surface area contributed by atoms with Gasteiger partial charge in [0.2, 0.25) is 10.0 Å². The molecule has 3 aromatic carbocycles. The van der Waals surface area contributed by atoms with Crippen LogP contribution in [0.25, 0.3) is 0 Å². The highest BCUT2D eigenvalue weighted by atomic mass is 32.2. The first-order chi connectivity index (χ1) is 16.0. The molecule has 1 saturated heterocycles. The lowest BCUT2D eigenvalue weighted by molar-refractivity contribution is 0.259. The fourth-order valence-corrected chi connectivity index (χ4v) is 6.82. The molecule has 8 heteroatoms. The van der Waals surface area contributed by atoms with Gasteiger partial charge in [-0.15, -0.1) is 0 Å². The van der Waals surface area contributed by atoms with Crippen LogP contribution in [0, 0.1) is 0 Å². The smallest absolute Gasteiger partial charge is 0.307 e. The van der Waals surface area contributed by atoms with Crippen molar-refractivity contribution >= 4 is 44.9 Å². The summed E-state index contributed by atoms with van der Waals surface area (Å²) in [5.41, 5.74) is 2.18. The number of carbonyl (C=O) groups excluding carboxylic acids is 1. The zero-order valence-corrected chi connectivity index (χ0v) is 19.7. The SMILES string of the molecule is O=C(Nc1ccc(S(=O)(=O)N2CCCCCC2)cc1)N1c2ccccc2Sc2ccccc21. The lowest BCUT2D eigenvalue weighted by atomic mass is 10.2. The number of hydrogen-bond acceptors (Lipinski definition) is 4. The van der Waals surface area contributed by atoms with Crippen LogP contribution in [0.15, 0.2) is 87.5 Å². The molecule has 3 aromatic rings. The third-order valence-corrected chi connectivity index (χ3v) is 8.99. The Kier molecular flexibility index (Phi) is 6.14. The maximum absolute atomic E-state index is 13.3. The molecule has 2 amide bonds. The number of benzene rings is 3. The first-order valence-electron chi connectivity index (χ1n) is 11.1. The quantitative estimate of drug-likeness (QED) is 0.494. The fourth-order valence-electron chi connectivity index (χ4n) is 4.24. The van der Waals surface area contributed by atoms with E-state index in [0.29, 0.717) is 18.8 Å². The molecule has 0 aromatic heterocycles. The van der Waals surface area contributed by atoms with Gasteiger partial charge in [0.05, 0.1) is 16.3 Å². The highest BCUT2D eigenvalue weighted by molar-refractivity contribution is 7.99. The van der Waals surface area contributed by atoms with Crippen molar-refractivity contribution in [3.8, 4) is 0 Å². The van der Waals surface area contributed by atoms with E-state index in [1.54, 1.807) is 45.2 Å². The van der Waals surface area contributed by atoms with E-state index in [2.05, 4.69) is 5.32 Å². The van der Waals surface area contributed by atoms with E-state index < -0.39 is 10.0 Å². The van der Waals surface area contributed by atoms with Crippen LogP contribution in [0.3, 0.4) is 0 Å². The molecule has 0 bridgehead atoms. The topological polar surface area (TPSA) is 69.7 Å². The maximum Gasteiger partial charge on any atom is 0.331 e. The molecule has 0 aliphatic carbocycles. The summed E-state index contributed by atoms with van der Waals surface area (Å²) >= 11 is 1.64. The molecule has 2 aliphatic heterocycles. The average molecular weight is 480 g/mol. The predicted molar refractivity (Wildman–Crippen MR) is 132 cm³/mol. The first kappa shape index (κ1) is 22.0. The average Bonchev–Trinajstić information content (AvgIpc) is 3.13. The first-order valence-corrected chi connectivity index (χ1v) is 13.4. The predicted octanol–water partition coefficient (Wildman–Crippen LogP) is 6.09. The van der Waals surface area contributed by atoms with Crippen LogP contribution < -0.4 is 10.2 Å². The van der Waals surface area contributed by atoms with Gasteiger partial charge in [-0.05, 0) is 61.4 Å². The van der Waals surface area contributed by atoms with Crippen LogP contribution in [0.2, 0.25) is 0 Å². The summed E-state index contributed by atoms with van der Waals surface area (Å²) in [7, 11) is -3.52. The van der Waals surface area contributed by atoms with Crippen LogP contribution in [-0.4, -0.2) is 31.8 Å². The van der Waals surface area contributed by atoms with Gasteiger partial charge in [0.25, 0.3) is 0 Å². The number of nitrogens with one attached hydrogen (secondary N) is 1. The van der Waals surface area contributed by atoms with E-state index in [1.165, 1.54) is 0 Å². The minimum absolute atomic E-state index is 0.257. The molecule has 0 atom stereocenters. The number of amides is 2. The van der Waals surface area contributed by atoms with Crippen molar-refractivity contribution in [1.29, 1.82) is 0 Å². The van der Waals surface area contributed by atoms with Crippen molar-refractivity contribution in [2.24, 2.45) is 0 Å². The maximum atomic E-state index is 13.3. The molecule has 0 radical (unpaired) electrons. The Morgan fingerprint density at radius 2 is 1.30 bits per heavy atom. The van der Waals surface area contributed by atoms with Crippen LogP contribution in [0.5, 0.6) is 0 Å². The molecule has 0 unspecified atom stereocenters. The highest BCUT2D eigenvalue weighted by Gasteiger charge is 2.28. The lowest BCUT2D eigenvalue weighted by Gasteiger charge is -2.31. The zero-order valence-electron chi connectivity index (χ0n) is 18.1. The van der Waals surface area contributed by atoms with Crippen LogP contribution in [0.1, 0.15) is 25.7 Å². The van der Waals surface area contributed by atoms with Crippen molar-refractivity contribution in [2.75, 3.05) is 23.3 Å². The van der Waals surface area contributed by atoms with Crippen LogP contribution >= 0.6 is 11.8 Å². The van der Waals surface area contributed by atoms with E-state index in [4.69, 9.17) is 0 Å². The van der Waals surface area contributed by atoms with Gasteiger partial charge in [-0.2, -0.15) is 4.31 Å². The van der Waals surface area contributed by atoms with Gasteiger partial charge in [0, 0.05) is 28.6 Å². The normalized spacial score (nSPS) is 16.4. The molecular formula is C25H25N3O3S2. The molecule has 5 rings (SSSR count). The van der Waals surface area contributed by atoms with Crippen molar-refractivity contribution in [3.63, 3.8) is 0 Å². The zero-order chi connectivity index (χ0) is 22.8. The second kappa shape index (κ2) is 9.21. The minimum atomic E-state index is -3.52. The number of para-hydroxylation sites is 2. The van der Waals surface area contributed by atoms with Crippen molar-refractivity contribution < 1.29 is 13.2 Å². The monoisotopic (exact) mass is 479 g/mol. The minimum Gasteiger partial charge on any atom is -0.307 e. The number of hydrogen-bond donors (Lipinski definition) is 1. The van der Waals surface area contributed by atoms with Gasteiger partial charge in [-0.3, -0.25) is 4.90 Å². The Balaban J connectivity index is 1.38. The van der Waals surface area contributed by atoms with Gasteiger partial charge in [-0.1, -0.05) is 48.9 Å². The molecule has 2 heterocycles.